The van der Waals surface area contributed by atoms with Crippen LogP contribution in [0.4, 0.5) is 26.3 Å². The molecule has 0 bridgehead atoms. The van der Waals surface area contributed by atoms with Gasteiger partial charge in [0.25, 0.3) is 11.8 Å². The Balaban J connectivity index is 1.36. The number of hydrogen-bond acceptors (Lipinski definition) is 20. The second kappa shape index (κ2) is 53.0. The molecular formula is C78H112F6N6O23. The van der Waals surface area contributed by atoms with E-state index in [1.807, 2.05) is 38.1 Å². The summed E-state index contributed by atoms with van der Waals surface area (Å²) >= 11 is 0. The molecule has 29 nitrogen and oxygen atoms in total. The molecule has 4 rings (SSSR count). The molecule has 2 aliphatic rings. The average molecular weight is 1620 g/mol. The van der Waals surface area contributed by atoms with Crippen LogP contribution in [-0.2, 0) is 121 Å². The summed E-state index contributed by atoms with van der Waals surface area (Å²) in [5.74, 6) is -16.9. The van der Waals surface area contributed by atoms with E-state index in [4.69, 9.17) is 37.9 Å². The summed E-state index contributed by atoms with van der Waals surface area (Å²) in [5, 5.41) is 42.4. The summed E-state index contributed by atoms with van der Waals surface area (Å²) in [7, 11) is 0. The molecular weight excluding hydrogens is 1500 g/mol. The number of fused-ring (bicyclic) bond motifs is 2. The minimum absolute atomic E-state index is 0.00365. The number of alkyl halides is 6. The molecule has 2 aromatic carbocycles. The molecule has 1 heterocycles. The molecule has 7 amide bonds. The van der Waals surface area contributed by atoms with Gasteiger partial charge in [-0.25, -0.2) is 0 Å². The van der Waals surface area contributed by atoms with E-state index in [-0.39, 0.29) is 213 Å². The summed E-state index contributed by atoms with van der Waals surface area (Å²) in [6.45, 7) is 7.61. The van der Waals surface area contributed by atoms with Crippen molar-refractivity contribution < 1.29 is 137 Å². The lowest BCUT2D eigenvalue weighted by molar-refractivity contribution is -0.173. The SMILES string of the molecule is CCC(CC(CC(CC(C)c1ccc2c(c1)CCc1ccc(C(C)CC(CC(CC(CC)C(=O)NCCOCCOCCNC(=O)C(F)(F)F)C(=O)O)C(=O)CNC(=O)CCOCCOCCOCCOCCCC(=O)CCN3C(=O)C=CC3=O)cc1CC2)C(=O)NCCOCCOCCNC(=O)C(F)(F)F)C(=O)O)C(=O)O. The number of carbonyl (C=O) groups is 12. The first-order chi connectivity index (χ1) is 53.8. The zero-order chi connectivity index (χ0) is 83.3. The number of benzene rings is 2. The van der Waals surface area contributed by atoms with Crippen molar-refractivity contribution in [1.82, 2.24) is 31.5 Å². The summed E-state index contributed by atoms with van der Waals surface area (Å²) < 4.78 is 118. The first kappa shape index (κ1) is 97.0. The zero-order valence-corrected chi connectivity index (χ0v) is 64.8. The van der Waals surface area contributed by atoms with E-state index < -0.39 is 119 Å². The van der Waals surface area contributed by atoms with E-state index in [9.17, 15) is 99.2 Å². The van der Waals surface area contributed by atoms with Crippen molar-refractivity contribution in [3.8, 4) is 0 Å². The third kappa shape index (κ3) is 38.6. The van der Waals surface area contributed by atoms with Crippen molar-refractivity contribution in [3.63, 3.8) is 0 Å². The van der Waals surface area contributed by atoms with E-state index in [1.165, 1.54) is 12.2 Å². The maximum Gasteiger partial charge on any atom is 0.471 e. The minimum atomic E-state index is -5.02. The molecule has 1 aliphatic carbocycles. The molecule has 0 aromatic heterocycles. The van der Waals surface area contributed by atoms with Gasteiger partial charge >= 0.3 is 42.1 Å². The fourth-order valence-corrected chi connectivity index (χ4v) is 12.9. The van der Waals surface area contributed by atoms with E-state index >= 15 is 0 Å². The average Bonchev–Trinajstić information content (AvgIpc) is 0.866. The van der Waals surface area contributed by atoms with Gasteiger partial charge in [-0.3, -0.25) is 62.4 Å². The second-order valence-corrected chi connectivity index (χ2v) is 27.8. The lowest BCUT2D eigenvalue weighted by atomic mass is 9.78. The fourth-order valence-electron chi connectivity index (χ4n) is 12.9. The number of carbonyl (C=O) groups excluding carboxylic acids is 9. The largest absolute Gasteiger partial charge is 0.481 e. The summed E-state index contributed by atoms with van der Waals surface area (Å²) in [6, 6.07) is 12.3. The number of nitrogens with zero attached hydrogens (tertiary/aromatic N) is 1. The van der Waals surface area contributed by atoms with Crippen LogP contribution < -0.4 is 26.6 Å². The first-order valence-corrected chi connectivity index (χ1v) is 38.5. The number of ketones is 2. The van der Waals surface area contributed by atoms with Crippen molar-refractivity contribution in [3.05, 3.63) is 81.9 Å². The van der Waals surface area contributed by atoms with Gasteiger partial charge in [-0.1, -0.05) is 64.1 Å². The number of imide groups is 1. The lowest BCUT2D eigenvalue weighted by Gasteiger charge is -2.26. The molecule has 0 fully saturated rings. The minimum Gasteiger partial charge on any atom is -0.481 e. The van der Waals surface area contributed by atoms with Gasteiger partial charge in [-0.15, -0.1) is 0 Å². The van der Waals surface area contributed by atoms with Crippen LogP contribution in [0.3, 0.4) is 0 Å². The Hall–Kier alpha value is -8.32. The van der Waals surface area contributed by atoms with Gasteiger partial charge in [0.15, 0.2) is 5.78 Å². The van der Waals surface area contributed by atoms with Crippen LogP contribution in [0.5, 0.6) is 0 Å². The normalized spacial score (nSPS) is 15.1. The number of ether oxygens (including phenoxy) is 8. The number of halogens is 6. The number of rotatable bonds is 61. The van der Waals surface area contributed by atoms with Gasteiger partial charge in [0.2, 0.25) is 17.7 Å². The summed E-state index contributed by atoms with van der Waals surface area (Å²) in [5.41, 5.74) is 6.15. The highest BCUT2D eigenvalue weighted by molar-refractivity contribution is 6.13. The van der Waals surface area contributed by atoms with Gasteiger partial charge in [0.05, 0.1) is 123 Å². The molecule has 8 atom stereocenters. The Morgan fingerprint density at radius 1 is 0.416 bits per heavy atom. The van der Waals surface area contributed by atoms with Crippen molar-refractivity contribution in [2.45, 2.75) is 155 Å². The molecule has 0 saturated heterocycles. The van der Waals surface area contributed by atoms with E-state index in [2.05, 4.69) is 28.1 Å². The molecule has 113 heavy (non-hydrogen) atoms. The lowest BCUT2D eigenvalue weighted by Crippen LogP contribution is -2.38. The highest BCUT2D eigenvalue weighted by atomic mass is 19.4. The predicted octanol–water partition coefficient (Wildman–Crippen LogP) is 6.35. The quantitative estimate of drug-likeness (QED) is 0.0203. The Morgan fingerprint density at radius 3 is 1.20 bits per heavy atom. The van der Waals surface area contributed by atoms with E-state index in [0.29, 0.717) is 45.3 Å². The van der Waals surface area contributed by atoms with Gasteiger partial charge in [0, 0.05) is 88.5 Å². The van der Waals surface area contributed by atoms with E-state index in [0.717, 1.165) is 38.3 Å². The highest BCUT2D eigenvalue weighted by Gasteiger charge is 2.40. The van der Waals surface area contributed by atoms with Crippen LogP contribution in [0.1, 0.15) is 150 Å². The first-order valence-electron chi connectivity index (χ1n) is 38.5. The highest BCUT2D eigenvalue weighted by Crippen LogP contribution is 2.36. The van der Waals surface area contributed by atoms with Gasteiger partial charge in [0.1, 0.15) is 5.78 Å². The zero-order valence-electron chi connectivity index (χ0n) is 64.8. The number of carboxylic acid groups (broad SMARTS) is 3. The number of Topliss-reactive ketones (excluding diaryl/α,β-unsaturated/α-hetero) is 2. The Morgan fingerprint density at radius 2 is 0.779 bits per heavy atom. The van der Waals surface area contributed by atoms with E-state index in [1.54, 1.807) is 24.5 Å². The van der Waals surface area contributed by atoms with Gasteiger partial charge < -0.3 is 79.8 Å². The standard InChI is InChI=1S/C78H112F6N6O23/c1-5-53(70(96)85-21-28-108-34-36-110-30-23-87-75(104)77(79,80)81)44-63(73(100)101)48-61(66(92)50-89-67(93)20-27-107-33-39-113-41-40-112-38-32-106-26-7-8-65(91)19-25-90-68(94)17-18-69(90)95)42-51(3)57-13-9-55-12-16-60-47-58(14-10-56(60)11-15-59(55)46-57)52(4)43-62(49-64(74(102)103)45-54(6-2)72(98)99)71(97)86-22-29-109-35-37-111-31-24-88-76(105)78(82,83)84/h9-10,13-14,17-18,46-47,51-54,61-64H,5-8,11-12,15-16,19-45,48-50H2,1-4H3,(H,85,96)(H,86,97)(H,87,104)(H,88,105)(H,89,93)(H,98,99)(H,100,101)(H,102,103). The molecule has 2 aromatic rings. The maximum atomic E-state index is 14.4. The Kier molecular flexibility index (Phi) is 45.5. The molecule has 35 heteroatoms. The topological polar surface area (TPSA) is 403 Å². The third-order valence-corrected chi connectivity index (χ3v) is 19.4. The van der Waals surface area contributed by atoms with Crippen molar-refractivity contribution in [2.24, 2.45) is 35.5 Å². The Bertz CT molecular complexity index is 3380. The van der Waals surface area contributed by atoms with Crippen LogP contribution in [-0.4, -0.2) is 248 Å². The summed E-state index contributed by atoms with van der Waals surface area (Å²) in [6.07, 6.45) is -4.19. The second-order valence-electron chi connectivity index (χ2n) is 27.8. The van der Waals surface area contributed by atoms with Crippen molar-refractivity contribution >= 4 is 70.8 Å². The summed E-state index contributed by atoms with van der Waals surface area (Å²) in [4.78, 5) is 151. The monoisotopic (exact) mass is 1610 g/mol. The molecule has 0 radical (unpaired) electrons. The molecule has 8 N–H and O–H groups in total. The number of amides is 7. The number of aliphatic carboxylic acids is 3. The maximum absolute atomic E-state index is 14.4. The van der Waals surface area contributed by atoms with Crippen LogP contribution in [0.2, 0.25) is 0 Å². The van der Waals surface area contributed by atoms with Crippen LogP contribution in [0, 0.1) is 35.5 Å². The van der Waals surface area contributed by atoms with Crippen LogP contribution >= 0.6 is 0 Å². The molecule has 634 valence electrons. The van der Waals surface area contributed by atoms with Crippen LogP contribution in [0.15, 0.2) is 48.6 Å². The van der Waals surface area contributed by atoms with Crippen molar-refractivity contribution in [1.29, 1.82) is 0 Å². The van der Waals surface area contributed by atoms with Gasteiger partial charge in [-0.05, 0) is 129 Å². The molecule has 0 spiro atoms. The van der Waals surface area contributed by atoms with Gasteiger partial charge in [-0.2, -0.15) is 26.3 Å². The number of hydrogen-bond donors (Lipinski definition) is 8. The fraction of sp³-hybridized carbons (Fsp3) is 0.667. The van der Waals surface area contributed by atoms with Crippen molar-refractivity contribution in [2.75, 3.05) is 145 Å². The smallest absolute Gasteiger partial charge is 0.471 e. The molecule has 0 saturated carbocycles. The number of aryl methyl sites for hydroxylation is 4. The third-order valence-electron chi connectivity index (χ3n) is 19.4. The predicted molar refractivity (Wildman–Crippen MR) is 395 cm³/mol. The molecule has 1 aliphatic heterocycles. The molecule has 8 unspecified atom stereocenters. The number of carboxylic acids is 3. The number of nitrogens with one attached hydrogen (secondary N) is 5. The Labute approximate surface area is 654 Å². The van der Waals surface area contributed by atoms with Crippen LogP contribution in [0.25, 0.3) is 0 Å².